The number of hydrogen-bond donors (Lipinski definition) is 0. The molecule has 9 heavy (non-hydrogen) atoms. The number of ether oxygens (including phenoxy) is 1. The monoisotopic (exact) mass is 124 g/mol. The molecule has 2 fully saturated rings. The molecule has 2 heteroatoms. The van der Waals surface area contributed by atoms with Crippen LogP contribution in [-0.4, -0.2) is 5.97 Å². The highest BCUT2D eigenvalue weighted by molar-refractivity contribution is 5.78. The number of allylic oxidation sites excluding steroid dienone is 1. The van der Waals surface area contributed by atoms with Gasteiger partial charge in [-0.15, -0.1) is 0 Å². The average Bonchev–Trinajstić information content (AvgIpc) is 1.73. The van der Waals surface area contributed by atoms with Crippen molar-refractivity contribution in [1.29, 1.82) is 0 Å². The van der Waals surface area contributed by atoms with Crippen LogP contribution in [-0.2, 0) is 9.53 Å². The van der Waals surface area contributed by atoms with Crippen molar-refractivity contribution in [3.8, 4) is 0 Å². The lowest BCUT2D eigenvalue weighted by molar-refractivity contribution is -0.140. The van der Waals surface area contributed by atoms with Crippen molar-refractivity contribution in [2.45, 2.75) is 12.8 Å². The Morgan fingerprint density at radius 2 is 2.11 bits per heavy atom. The Morgan fingerprint density at radius 3 is 2.33 bits per heavy atom. The maximum Gasteiger partial charge on any atom is 0.314 e. The quantitative estimate of drug-likeness (QED) is 0.452. The second-order valence-electron chi connectivity index (χ2n) is 2.68. The zero-order valence-electron chi connectivity index (χ0n) is 5.09. The first-order valence-corrected chi connectivity index (χ1v) is 3.19. The standard InChI is InChI=1S/C7H8O2/c1-4-5-2-3-6(5)7(8)9-4/h5-6H,1-3H2. The Labute approximate surface area is 53.5 Å². The topological polar surface area (TPSA) is 26.3 Å². The van der Waals surface area contributed by atoms with Crippen LogP contribution in [0.5, 0.6) is 0 Å². The largest absolute Gasteiger partial charge is 0.431 e. The predicted molar refractivity (Wildman–Crippen MR) is 31.4 cm³/mol. The minimum atomic E-state index is -0.0590. The van der Waals surface area contributed by atoms with Crippen LogP contribution in [0.1, 0.15) is 12.8 Å². The summed E-state index contributed by atoms with van der Waals surface area (Å²) in [7, 11) is 0. The van der Waals surface area contributed by atoms with Crippen molar-refractivity contribution in [3.63, 3.8) is 0 Å². The van der Waals surface area contributed by atoms with Crippen LogP contribution in [0.15, 0.2) is 12.3 Å². The molecule has 0 aromatic heterocycles. The molecule has 0 aromatic carbocycles. The Morgan fingerprint density at radius 1 is 1.44 bits per heavy atom. The van der Waals surface area contributed by atoms with Crippen molar-refractivity contribution in [2.24, 2.45) is 11.8 Å². The van der Waals surface area contributed by atoms with Gasteiger partial charge in [0.1, 0.15) is 5.76 Å². The second-order valence-corrected chi connectivity index (χ2v) is 2.68. The van der Waals surface area contributed by atoms with E-state index < -0.39 is 0 Å². The number of fused-ring (bicyclic) bond motifs is 1. The molecule has 48 valence electrons. The van der Waals surface area contributed by atoms with E-state index in [0.29, 0.717) is 11.7 Å². The van der Waals surface area contributed by atoms with Gasteiger partial charge >= 0.3 is 5.97 Å². The van der Waals surface area contributed by atoms with Gasteiger partial charge < -0.3 is 4.74 Å². The van der Waals surface area contributed by atoms with Gasteiger partial charge in [0, 0.05) is 5.92 Å². The first kappa shape index (κ1) is 5.03. The zero-order chi connectivity index (χ0) is 6.43. The molecule has 2 rings (SSSR count). The molecule has 2 aliphatic rings. The fourth-order valence-corrected chi connectivity index (χ4v) is 1.45. The van der Waals surface area contributed by atoms with E-state index in [4.69, 9.17) is 4.74 Å². The minimum absolute atomic E-state index is 0.0590. The maximum atomic E-state index is 10.8. The molecule has 1 saturated heterocycles. The van der Waals surface area contributed by atoms with Crippen molar-refractivity contribution < 1.29 is 9.53 Å². The number of carbonyl (C=O) groups excluding carboxylic acids is 1. The van der Waals surface area contributed by atoms with Gasteiger partial charge in [0.2, 0.25) is 0 Å². The van der Waals surface area contributed by atoms with Crippen LogP contribution in [0.2, 0.25) is 0 Å². The number of cyclic esters (lactones) is 1. The number of carbonyl (C=O) groups is 1. The molecule has 2 unspecified atom stereocenters. The highest BCUT2D eigenvalue weighted by Gasteiger charge is 2.46. The van der Waals surface area contributed by atoms with Crippen molar-refractivity contribution in [1.82, 2.24) is 0 Å². The molecular formula is C7H8O2. The Kier molecular flexibility index (Phi) is 0.770. The Hall–Kier alpha value is -0.790. The number of esters is 1. The molecule has 2 atom stereocenters. The summed E-state index contributed by atoms with van der Waals surface area (Å²) < 4.78 is 4.81. The summed E-state index contributed by atoms with van der Waals surface area (Å²) in [6.07, 6.45) is 2.10. The van der Waals surface area contributed by atoms with E-state index >= 15 is 0 Å². The normalized spacial score (nSPS) is 39.6. The highest BCUT2D eigenvalue weighted by atomic mass is 16.5. The van der Waals surface area contributed by atoms with Gasteiger partial charge in [0.05, 0.1) is 5.92 Å². The van der Waals surface area contributed by atoms with Gasteiger partial charge in [-0.3, -0.25) is 4.79 Å². The fourth-order valence-electron chi connectivity index (χ4n) is 1.45. The molecule has 0 aromatic rings. The van der Waals surface area contributed by atoms with E-state index in [2.05, 4.69) is 6.58 Å². The summed E-state index contributed by atoms with van der Waals surface area (Å²) in [4.78, 5) is 10.8. The molecule has 1 aliphatic carbocycles. The van der Waals surface area contributed by atoms with E-state index in [9.17, 15) is 4.79 Å². The van der Waals surface area contributed by atoms with Gasteiger partial charge in [0.15, 0.2) is 0 Å². The average molecular weight is 124 g/mol. The molecule has 0 N–H and O–H groups in total. The molecule has 1 saturated carbocycles. The van der Waals surface area contributed by atoms with Crippen LogP contribution >= 0.6 is 0 Å². The maximum absolute atomic E-state index is 10.8. The van der Waals surface area contributed by atoms with Gasteiger partial charge in [0.25, 0.3) is 0 Å². The number of hydrogen-bond acceptors (Lipinski definition) is 2. The van der Waals surface area contributed by atoms with Crippen LogP contribution in [0.25, 0.3) is 0 Å². The van der Waals surface area contributed by atoms with E-state index in [1.807, 2.05) is 0 Å². The zero-order valence-corrected chi connectivity index (χ0v) is 5.09. The third-order valence-electron chi connectivity index (χ3n) is 2.22. The molecule has 0 amide bonds. The van der Waals surface area contributed by atoms with E-state index in [0.717, 1.165) is 12.8 Å². The summed E-state index contributed by atoms with van der Waals surface area (Å²) in [6.45, 7) is 3.64. The third-order valence-corrected chi connectivity index (χ3v) is 2.22. The molecular weight excluding hydrogens is 116 g/mol. The van der Waals surface area contributed by atoms with Crippen molar-refractivity contribution in [2.75, 3.05) is 0 Å². The first-order valence-electron chi connectivity index (χ1n) is 3.19. The fraction of sp³-hybridized carbons (Fsp3) is 0.571. The van der Waals surface area contributed by atoms with Gasteiger partial charge in [-0.05, 0) is 12.8 Å². The molecule has 1 aliphatic heterocycles. The minimum Gasteiger partial charge on any atom is -0.431 e. The van der Waals surface area contributed by atoms with Gasteiger partial charge in [-0.2, -0.15) is 0 Å². The lowest BCUT2D eigenvalue weighted by Crippen LogP contribution is -2.25. The lowest BCUT2D eigenvalue weighted by Gasteiger charge is -2.24. The van der Waals surface area contributed by atoms with E-state index in [1.165, 1.54) is 0 Å². The molecule has 0 bridgehead atoms. The third kappa shape index (κ3) is 0.479. The summed E-state index contributed by atoms with van der Waals surface area (Å²) >= 11 is 0. The van der Waals surface area contributed by atoms with E-state index in [-0.39, 0.29) is 11.9 Å². The van der Waals surface area contributed by atoms with Crippen LogP contribution in [0, 0.1) is 11.8 Å². The van der Waals surface area contributed by atoms with Crippen LogP contribution in [0.3, 0.4) is 0 Å². The van der Waals surface area contributed by atoms with E-state index in [1.54, 1.807) is 0 Å². The summed E-state index contributed by atoms with van der Waals surface area (Å²) in [5.74, 6) is 1.18. The second kappa shape index (κ2) is 1.38. The smallest absolute Gasteiger partial charge is 0.314 e. The van der Waals surface area contributed by atoms with Gasteiger partial charge in [-0.1, -0.05) is 6.58 Å². The summed E-state index contributed by atoms with van der Waals surface area (Å²) in [6, 6.07) is 0. The lowest BCUT2D eigenvalue weighted by atomic mass is 9.75. The molecule has 0 radical (unpaired) electrons. The Bertz CT molecular complexity index is 163. The van der Waals surface area contributed by atoms with Crippen molar-refractivity contribution in [3.05, 3.63) is 12.3 Å². The summed E-state index contributed by atoms with van der Waals surface area (Å²) in [5, 5.41) is 0. The van der Waals surface area contributed by atoms with Gasteiger partial charge in [-0.25, -0.2) is 0 Å². The first-order chi connectivity index (χ1) is 4.29. The molecule has 1 heterocycles. The van der Waals surface area contributed by atoms with Crippen LogP contribution in [0.4, 0.5) is 0 Å². The van der Waals surface area contributed by atoms with Crippen molar-refractivity contribution >= 4 is 5.97 Å². The number of rotatable bonds is 0. The molecule has 0 spiro atoms. The highest BCUT2D eigenvalue weighted by Crippen LogP contribution is 2.45. The SMILES string of the molecule is C=C1OC(=O)C2CCC12. The summed E-state index contributed by atoms with van der Waals surface area (Å²) in [5.41, 5.74) is 0. The Balaban J connectivity index is 2.26. The van der Waals surface area contributed by atoms with Crippen LogP contribution < -0.4 is 0 Å². The molecule has 2 nitrogen and oxygen atoms in total. The predicted octanol–water partition coefficient (Wildman–Crippen LogP) is 1.08.